The van der Waals surface area contributed by atoms with Crippen LogP contribution in [-0.2, 0) is 9.47 Å². The summed E-state index contributed by atoms with van der Waals surface area (Å²) in [5.41, 5.74) is -0.104. The molecule has 0 aliphatic carbocycles. The zero-order chi connectivity index (χ0) is 17.0. The summed E-state index contributed by atoms with van der Waals surface area (Å²) in [7, 11) is 0. The van der Waals surface area contributed by atoms with Gasteiger partial charge < -0.3 is 29.5 Å². The number of aliphatic hydroxyl groups excluding tert-OH is 3. The lowest BCUT2D eigenvalue weighted by atomic mass is 9.99. The molecule has 0 radical (unpaired) electrons. The summed E-state index contributed by atoms with van der Waals surface area (Å²) in [6, 6.07) is 5.19. The van der Waals surface area contributed by atoms with E-state index in [1.165, 1.54) is 24.3 Å². The fraction of sp³-hybridized carbons (Fsp3) is 0.571. The van der Waals surface area contributed by atoms with E-state index in [4.69, 9.17) is 14.2 Å². The Hall–Kier alpha value is -1.78. The van der Waals surface area contributed by atoms with Gasteiger partial charge in [0.15, 0.2) is 0 Å². The fourth-order valence-electron chi connectivity index (χ4n) is 2.17. The molecule has 0 amide bonds. The van der Waals surface area contributed by atoms with Crippen molar-refractivity contribution in [1.82, 2.24) is 0 Å². The summed E-state index contributed by atoms with van der Waals surface area (Å²) in [6.07, 6.45) is -6.35. The Balaban J connectivity index is 2.06. The molecule has 0 spiro atoms. The Kier molecular flexibility index (Phi) is 5.85. The molecule has 1 aliphatic rings. The topological polar surface area (TPSA) is 132 Å². The number of ether oxygens (including phenoxy) is 3. The van der Waals surface area contributed by atoms with E-state index in [0.717, 1.165) is 0 Å². The minimum Gasteiger partial charge on any atom is -0.462 e. The first-order valence-electron chi connectivity index (χ1n) is 7.12. The average molecular weight is 329 g/mol. The van der Waals surface area contributed by atoms with Crippen LogP contribution < -0.4 is 4.74 Å². The first kappa shape index (κ1) is 17.6. The first-order valence-corrected chi connectivity index (χ1v) is 7.12. The summed E-state index contributed by atoms with van der Waals surface area (Å²) in [5.74, 6) is 0.221. The molecule has 0 aromatic heterocycles. The fourth-order valence-corrected chi connectivity index (χ4v) is 2.17. The van der Waals surface area contributed by atoms with E-state index in [-0.39, 0.29) is 18.0 Å². The van der Waals surface area contributed by atoms with Crippen molar-refractivity contribution in [2.75, 3.05) is 13.2 Å². The van der Waals surface area contributed by atoms with Gasteiger partial charge in [-0.05, 0) is 19.1 Å². The Bertz CT molecular complexity index is 522. The standard InChI is InChI=1S/C14H19NO8/c1-2-21-7-10-11(16)12(17)13(18)14(23-10)22-9-5-3-8(4-6-9)15(19)20/h3-6,10-14,16-18H,2,7H2,1H3/t10-,11+,12+,13-,14-/m1/s1. The number of aliphatic hydroxyl groups is 3. The highest BCUT2D eigenvalue weighted by molar-refractivity contribution is 5.36. The predicted octanol–water partition coefficient (Wildman–Crippen LogP) is -0.182. The molecule has 23 heavy (non-hydrogen) atoms. The van der Waals surface area contributed by atoms with E-state index in [2.05, 4.69) is 0 Å². The zero-order valence-corrected chi connectivity index (χ0v) is 12.4. The van der Waals surface area contributed by atoms with Crippen molar-refractivity contribution in [2.24, 2.45) is 0 Å². The zero-order valence-electron chi connectivity index (χ0n) is 12.4. The molecule has 9 nitrogen and oxygen atoms in total. The number of nitro groups is 1. The molecular weight excluding hydrogens is 310 g/mol. The summed E-state index contributed by atoms with van der Waals surface area (Å²) >= 11 is 0. The second-order valence-electron chi connectivity index (χ2n) is 5.04. The molecule has 1 aromatic rings. The lowest BCUT2D eigenvalue weighted by Crippen LogP contribution is -2.60. The number of nitro benzene ring substituents is 1. The molecule has 1 heterocycles. The van der Waals surface area contributed by atoms with Crippen LogP contribution in [0.25, 0.3) is 0 Å². The molecule has 0 saturated carbocycles. The third kappa shape index (κ3) is 4.15. The van der Waals surface area contributed by atoms with Gasteiger partial charge in [-0.25, -0.2) is 0 Å². The molecule has 0 unspecified atom stereocenters. The minimum atomic E-state index is -1.47. The smallest absolute Gasteiger partial charge is 0.269 e. The number of non-ortho nitro benzene ring substituents is 1. The van der Waals surface area contributed by atoms with Gasteiger partial charge >= 0.3 is 0 Å². The molecule has 1 aliphatic heterocycles. The molecule has 0 bridgehead atoms. The van der Waals surface area contributed by atoms with Gasteiger partial charge in [0.05, 0.1) is 11.5 Å². The summed E-state index contributed by atoms with van der Waals surface area (Å²) in [5, 5.41) is 40.3. The van der Waals surface area contributed by atoms with Gasteiger partial charge in [-0.2, -0.15) is 0 Å². The van der Waals surface area contributed by atoms with Crippen molar-refractivity contribution in [3.8, 4) is 5.75 Å². The maximum absolute atomic E-state index is 10.6. The molecular formula is C14H19NO8. The van der Waals surface area contributed by atoms with E-state index in [0.29, 0.717) is 6.61 Å². The molecule has 1 fully saturated rings. The number of hydrogen-bond acceptors (Lipinski definition) is 8. The van der Waals surface area contributed by atoms with Crippen LogP contribution in [0.5, 0.6) is 5.75 Å². The summed E-state index contributed by atoms with van der Waals surface area (Å²) in [6.45, 7) is 2.20. The molecule has 9 heteroatoms. The lowest BCUT2D eigenvalue weighted by Gasteiger charge is -2.40. The van der Waals surface area contributed by atoms with Crippen LogP contribution in [0.15, 0.2) is 24.3 Å². The van der Waals surface area contributed by atoms with Crippen LogP contribution in [0.3, 0.4) is 0 Å². The van der Waals surface area contributed by atoms with Gasteiger partial charge in [-0.1, -0.05) is 0 Å². The SMILES string of the molecule is CCOC[C@H]1O[C@@H](Oc2ccc([N+](=O)[O-])cc2)[C@H](O)[C@@H](O)[C@H]1O. The van der Waals surface area contributed by atoms with Gasteiger partial charge in [0.1, 0.15) is 30.2 Å². The van der Waals surface area contributed by atoms with Crippen molar-refractivity contribution >= 4 is 5.69 Å². The Morgan fingerprint density at radius 2 is 1.83 bits per heavy atom. The van der Waals surface area contributed by atoms with Crippen molar-refractivity contribution in [3.63, 3.8) is 0 Å². The van der Waals surface area contributed by atoms with Crippen molar-refractivity contribution in [3.05, 3.63) is 34.4 Å². The van der Waals surface area contributed by atoms with Gasteiger partial charge in [0, 0.05) is 18.7 Å². The van der Waals surface area contributed by atoms with Gasteiger partial charge in [-0.15, -0.1) is 0 Å². The first-order chi connectivity index (χ1) is 10.9. The number of benzene rings is 1. The van der Waals surface area contributed by atoms with Crippen LogP contribution in [0, 0.1) is 10.1 Å². The molecule has 3 N–H and O–H groups in total. The van der Waals surface area contributed by atoms with E-state index in [1.807, 2.05) is 0 Å². The van der Waals surface area contributed by atoms with Crippen LogP contribution in [0.1, 0.15) is 6.92 Å². The molecule has 1 aromatic carbocycles. The molecule has 128 valence electrons. The van der Waals surface area contributed by atoms with Crippen molar-refractivity contribution in [1.29, 1.82) is 0 Å². The maximum atomic E-state index is 10.6. The van der Waals surface area contributed by atoms with E-state index in [1.54, 1.807) is 6.92 Å². The quantitative estimate of drug-likeness (QED) is 0.484. The largest absolute Gasteiger partial charge is 0.462 e. The summed E-state index contributed by atoms with van der Waals surface area (Å²) < 4.78 is 16.0. The maximum Gasteiger partial charge on any atom is 0.269 e. The van der Waals surface area contributed by atoms with Crippen LogP contribution in [0.2, 0.25) is 0 Å². The normalized spacial score (nSPS) is 30.9. The van der Waals surface area contributed by atoms with Gasteiger partial charge in [0.2, 0.25) is 6.29 Å². The van der Waals surface area contributed by atoms with Crippen LogP contribution >= 0.6 is 0 Å². The highest BCUT2D eigenvalue weighted by Gasteiger charge is 2.45. The van der Waals surface area contributed by atoms with E-state index >= 15 is 0 Å². The second-order valence-corrected chi connectivity index (χ2v) is 5.04. The second kappa shape index (κ2) is 7.66. The Morgan fingerprint density at radius 3 is 2.39 bits per heavy atom. The monoisotopic (exact) mass is 329 g/mol. The predicted molar refractivity (Wildman–Crippen MR) is 76.9 cm³/mol. The summed E-state index contributed by atoms with van der Waals surface area (Å²) in [4.78, 5) is 10.1. The number of rotatable bonds is 6. The molecule has 5 atom stereocenters. The van der Waals surface area contributed by atoms with E-state index in [9.17, 15) is 25.4 Å². The van der Waals surface area contributed by atoms with Crippen molar-refractivity contribution in [2.45, 2.75) is 37.6 Å². The van der Waals surface area contributed by atoms with E-state index < -0.39 is 35.6 Å². The highest BCUT2D eigenvalue weighted by atomic mass is 16.7. The van der Waals surface area contributed by atoms with Gasteiger partial charge in [0.25, 0.3) is 5.69 Å². The third-order valence-electron chi connectivity index (χ3n) is 3.45. The van der Waals surface area contributed by atoms with Crippen molar-refractivity contribution < 1.29 is 34.5 Å². The third-order valence-corrected chi connectivity index (χ3v) is 3.45. The number of nitrogens with zero attached hydrogens (tertiary/aromatic N) is 1. The molecule has 2 rings (SSSR count). The number of hydrogen-bond donors (Lipinski definition) is 3. The Labute approximate surface area is 132 Å². The molecule has 1 saturated heterocycles. The average Bonchev–Trinajstić information content (AvgIpc) is 2.54. The lowest BCUT2D eigenvalue weighted by molar-refractivity contribution is -0.384. The van der Waals surface area contributed by atoms with Gasteiger partial charge in [-0.3, -0.25) is 10.1 Å². The minimum absolute atomic E-state index is 0.0293. The van der Waals surface area contributed by atoms with Crippen LogP contribution in [0.4, 0.5) is 5.69 Å². The highest BCUT2D eigenvalue weighted by Crippen LogP contribution is 2.25. The Morgan fingerprint density at radius 1 is 1.17 bits per heavy atom. The van der Waals surface area contributed by atoms with Crippen LogP contribution in [-0.4, -0.2) is 64.2 Å².